The van der Waals surface area contributed by atoms with Crippen molar-refractivity contribution in [3.8, 4) is 17.1 Å². The van der Waals surface area contributed by atoms with E-state index in [1.165, 1.54) is 25.4 Å². The number of pyridine rings is 2. The Morgan fingerprint density at radius 2 is 2.00 bits per heavy atom. The zero-order chi connectivity index (χ0) is 20.6. The molecule has 0 bridgehead atoms. The summed E-state index contributed by atoms with van der Waals surface area (Å²) in [6.07, 6.45) is -1.30. The van der Waals surface area contributed by atoms with Crippen LogP contribution in [0.5, 0.6) is 5.88 Å². The largest absolute Gasteiger partial charge is 0.481 e. The van der Waals surface area contributed by atoms with Gasteiger partial charge in [0.1, 0.15) is 5.69 Å². The van der Waals surface area contributed by atoms with Gasteiger partial charge in [0, 0.05) is 36.1 Å². The van der Waals surface area contributed by atoms with E-state index in [0.717, 1.165) is 18.0 Å². The molecule has 1 aliphatic heterocycles. The number of hydrogen-bond donors (Lipinski definition) is 1. The molecule has 0 fully saturated rings. The Hall–Kier alpha value is -3.43. The van der Waals surface area contributed by atoms with Crippen LogP contribution < -0.4 is 10.1 Å². The maximum atomic E-state index is 12.9. The van der Waals surface area contributed by atoms with E-state index < -0.39 is 11.9 Å². The van der Waals surface area contributed by atoms with Gasteiger partial charge in [-0.05, 0) is 30.7 Å². The summed E-state index contributed by atoms with van der Waals surface area (Å²) in [5, 5.41) is 7.31. The SMILES string of the molecule is COc1cc(C(=O)NC2CCn3nc(-c4ccnc(C(F)(F)F)c4)cc32)ccn1. The minimum atomic E-state index is -4.53. The molecule has 0 aliphatic carbocycles. The van der Waals surface area contributed by atoms with Crippen molar-refractivity contribution in [3.05, 3.63) is 59.7 Å². The Morgan fingerprint density at radius 3 is 2.76 bits per heavy atom. The number of rotatable bonds is 4. The fourth-order valence-corrected chi connectivity index (χ4v) is 3.23. The van der Waals surface area contributed by atoms with Crippen LogP contribution in [0.1, 0.15) is 34.2 Å². The molecule has 0 radical (unpaired) electrons. The highest BCUT2D eigenvalue weighted by Crippen LogP contribution is 2.33. The Kier molecular flexibility index (Phi) is 4.69. The first-order valence-electron chi connectivity index (χ1n) is 8.77. The highest BCUT2D eigenvalue weighted by molar-refractivity contribution is 5.94. The van der Waals surface area contributed by atoms with E-state index in [-0.39, 0.29) is 11.9 Å². The van der Waals surface area contributed by atoms with Crippen LogP contribution in [0.3, 0.4) is 0 Å². The number of carbonyl (C=O) groups excluding carboxylic acids is 1. The molecule has 0 saturated carbocycles. The summed E-state index contributed by atoms with van der Waals surface area (Å²) < 4.78 is 45.5. The van der Waals surface area contributed by atoms with Gasteiger partial charge in [0.25, 0.3) is 5.91 Å². The van der Waals surface area contributed by atoms with E-state index >= 15 is 0 Å². The molecule has 1 atom stereocenters. The second kappa shape index (κ2) is 7.19. The van der Waals surface area contributed by atoms with Crippen LogP contribution in [0, 0.1) is 0 Å². The van der Waals surface area contributed by atoms with Gasteiger partial charge in [-0.25, -0.2) is 4.98 Å². The summed E-state index contributed by atoms with van der Waals surface area (Å²) in [6.45, 7) is 0.553. The zero-order valence-electron chi connectivity index (χ0n) is 15.3. The summed E-state index contributed by atoms with van der Waals surface area (Å²) in [7, 11) is 1.46. The molecule has 3 aromatic heterocycles. The summed E-state index contributed by atoms with van der Waals surface area (Å²) >= 11 is 0. The maximum Gasteiger partial charge on any atom is 0.433 e. The van der Waals surface area contributed by atoms with Crippen LogP contribution in [-0.2, 0) is 12.7 Å². The summed E-state index contributed by atoms with van der Waals surface area (Å²) in [5.41, 5.74) is 0.883. The van der Waals surface area contributed by atoms with Gasteiger partial charge in [-0.1, -0.05) is 0 Å². The Morgan fingerprint density at radius 1 is 1.21 bits per heavy atom. The van der Waals surface area contributed by atoms with Crippen molar-refractivity contribution in [1.82, 2.24) is 25.1 Å². The molecule has 1 unspecified atom stereocenters. The van der Waals surface area contributed by atoms with Gasteiger partial charge in [-0.15, -0.1) is 0 Å². The molecular weight excluding hydrogens is 387 g/mol. The lowest BCUT2D eigenvalue weighted by Crippen LogP contribution is -2.27. The lowest BCUT2D eigenvalue weighted by Gasteiger charge is -2.12. The second-order valence-corrected chi connectivity index (χ2v) is 6.51. The number of nitrogens with one attached hydrogen (secondary N) is 1. The Labute approximate surface area is 163 Å². The van der Waals surface area contributed by atoms with E-state index in [4.69, 9.17) is 4.74 Å². The second-order valence-electron chi connectivity index (χ2n) is 6.51. The number of ether oxygens (including phenoxy) is 1. The lowest BCUT2D eigenvalue weighted by atomic mass is 10.1. The molecule has 150 valence electrons. The third kappa shape index (κ3) is 3.78. The van der Waals surface area contributed by atoms with E-state index in [1.54, 1.807) is 16.8 Å². The van der Waals surface area contributed by atoms with Crippen molar-refractivity contribution >= 4 is 5.91 Å². The molecule has 0 aromatic carbocycles. The van der Waals surface area contributed by atoms with Gasteiger partial charge in [0.2, 0.25) is 5.88 Å². The number of fused-ring (bicyclic) bond motifs is 1. The van der Waals surface area contributed by atoms with E-state index in [0.29, 0.717) is 35.7 Å². The quantitative estimate of drug-likeness (QED) is 0.723. The van der Waals surface area contributed by atoms with Crippen LogP contribution >= 0.6 is 0 Å². The van der Waals surface area contributed by atoms with Crippen molar-refractivity contribution < 1.29 is 22.7 Å². The Balaban J connectivity index is 1.56. The molecule has 1 aliphatic rings. The number of hydrogen-bond acceptors (Lipinski definition) is 5. The standard InChI is InChI=1S/C19H16F3N5O2/c1-29-17-9-12(3-6-24-17)18(28)25-13-4-7-27-15(13)10-14(26-27)11-2-5-23-16(8-11)19(20,21)22/h2-3,5-6,8-10,13H,4,7H2,1H3,(H,25,28). The van der Waals surface area contributed by atoms with Gasteiger partial charge in [-0.3, -0.25) is 14.5 Å². The van der Waals surface area contributed by atoms with Crippen LogP contribution in [-0.4, -0.2) is 32.8 Å². The predicted molar refractivity (Wildman–Crippen MR) is 96.1 cm³/mol. The number of alkyl halides is 3. The molecule has 3 aromatic rings. The van der Waals surface area contributed by atoms with E-state index in [9.17, 15) is 18.0 Å². The van der Waals surface area contributed by atoms with E-state index in [2.05, 4.69) is 20.4 Å². The van der Waals surface area contributed by atoms with E-state index in [1.807, 2.05) is 0 Å². The number of nitrogens with zero attached hydrogens (tertiary/aromatic N) is 4. The topological polar surface area (TPSA) is 81.9 Å². The summed E-state index contributed by atoms with van der Waals surface area (Å²) in [6, 6.07) is 6.94. The van der Waals surface area contributed by atoms with Gasteiger partial charge >= 0.3 is 6.18 Å². The first-order chi connectivity index (χ1) is 13.8. The number of aromatic nitrogens is 4. The number of carbonyl (C=O) groups is 1. The van der Waals surface area contributed by atoms with Crippen molar-refractivity contribution in [1.29, 1.82) is 0 Å². The fourth-order valence-electron chi connectivity index (χ4n) is 3.23. The molecule has 1 amide bonds. The molecule has 0 spiro atoms. The molecule has 29 heavy (non-hydrogen) atoms. The third-order valence-corrected chi connectivity index (χ3v) is 4.66. The Bertz CT molecular complexity index is 1060. The van der Waals surface area contributed by atoms with Crippen molar-refractivity contribution in [3.63, 3.8) is 0 Å². The van der Waals surface area contributed by atoms with Crippen LogP contribution in [0.2, 0.25) is 0 Å². The van der Waals surface area contributed by atoms with Gasteiger partial charge in [0.15, 0.2) is 0 Å². The van der Waals surface area contributed by atoms with Crippen molar-refractivity contribution in [2.45, 2.75) is 25.2 Å². The molecule has 4 heterocycles. The monoisotopic (exact) mass is 403 g/mol. The summed E-state index contributed by atoms with van der Waals surface area (Å²) in [4.78, 5) is 19.9. The molecule has 10 heteroatoms. The fraction of sp³-hybridized carbons (Fsp3) is 0.263. The molecule has 1 N–H and O–H groups in total. The smallest absolute Gasteiger partial charge is 0.433 e. The van der Waals surface area contributed by atoms with Gasteiger partial charge in [-0.2, -0.15) is 18.3 Å². The highest BCUT2D eigenvalue weighted by atomic mass is 19.4. The normalized spacial score (nSPS) is 15.8. The van der Waals surface area contributed by atoms with Crippen LogP contribution in [0.4, 0.5) is 13.2 Å². The van der Waals surface area contributed by atoms with Crippen molar-refractivity contribution in [2.75, 3.05) is 7.11 Å². The third-order valence-electron chi connectivity index (χ3n) is 4.66. The first-order valence-corrected chi connectivity index (χ1v) is 8.77. The minimum absolute atomic E-state index is 0.296. The number of amides is 1. The zero-order valence-corrected chi connectivity index (χ0v) is 15.3. The van der Waals surface area contributed by atoms with Gasteiger partial charge < -0.3 is 10.1 Å². The number of aryl methyl sites for hydroxylation is 1. The molecule has 4 rings (SSSR count). The maximum absolute atomic E-state index is 12.9. The van der Waals surface area contributed by atoms with Crippen LogP contribution in [0.25, 0.3) is 11.3 Å². The highest BCUT2D eigenvalue weighted by Gasteiger charge is 2.33. The average Bonchev–Trinajstić information content (AvgIpc) is 3.29. The number of methoxy groups -OCH3 is 1. The predicted octanol–water partition coefficient (Wildman–Crippen LogP) is 3.24. The molecular formula is C19H16F3N5O2. The van der Waals surface area contributed by atoms with Crippen LogP contribution in [0.15, 0.2) is 42.7 Å². The first kappa shape index (κ1) is 18.9. The van der Waals surface area contributed by atoms with Crippen molar-refractivity contribution in [2.24, 2.45) is 0 Å². The minimum Gasteiger partial charge on any atom is -0.481 e. The number of halogens is 3. The van der Waals surface area contributed by atoms with Gasteiger partial charge in [0.05, 0.1) is 24.5 Å². The average molecular weight is 403 g/mol. The summed E-state index contributed by atoms with van der Waals surface area (Å²) in [5.74, 6) is 0.0322. The lowest BCUT2D eigenvalue weighted by molar-refractivity contribution is -0.141. The molecule has 7 nitrogen and oxygen atoms in total. The molecule has 0 saturated heterocycles.